The monoisotopic (exact) mass is 553 g/mol. The zero-order valence-electron chi connectivity index (χ0n) is 21.2. The highest BCUT2D eigenvalue weighted by atomic mass is 32.1. The van der Waals surface area contributed by atoms with E-state index in [2.05, 4.69) is 30.0 Å². The molecule has 2 amide bonds. The SMILES string of the molecule is Cc1nsc(Nc2cnc(C(F)(F)F)cn2)c1C(=O)Nc1ccc(OCCN(C)C(=O)OC(C)(C)C)nc1. The molecule has 0 unspecified atom stereocenters. The van der Waals surface area contributed by atoms with Gasteiger partial charge < -0.3 is 25.0 Å². The van der Waals surface area contributed by atoms with Gasteiger partial charge in [0.25, 0.3) is 5.91 Å². The Labute approximate surface area is 220 Å². The van der Waals surface area contributed by atoms with E-state index in [9.17, 15) is 22.8 Å². The Hall–Kier alpha value is -4.01. The van der Waals surface area contributed by atoms with E-state index in [0.717, 1.165) is 17.7 Å². The van der Waals surface area contributed by atoms with Crippen LogP contribution in [0.2, 0.25) is 0 Å². The standard InChI is InChI=1S/C23H26F3N7O4S/c1-13-18(20(38-32-13)31-16-12-27-15(11-28-16)23(24,25)26)19(34)30-14-6-7-17(29-10-14)36-9-8-33(5)21(35)37-22(2,3)4/h6-7,10-12H,8-9H2,1-5H3,(H,28,31)(H,30,34). The maximum atomic E-state index is 12.9. The van der Waals surface area contributed by atoms with Crippen molar-refractivity contribution < 1.29 is 32.2 Å². The van der Waals surface area contributed by atoms with E-state index in [1.165, 1.54) is 11.1 Å². The Balaban J connectivity index is 1.57. The first-order valence-corrected chi connectivity index (χ1v) is 12.0. The Kier molecular flexibility index (Phi) is 8.70. The van der Waals surface area contributed by atoms with Gasteiger partial charge >= 0.3 is 12.3 Å². The van der Waals surface area contributed by atoms with Crippen LogP contribution in [0.15, 0.2) is 30.7 Å². The zero-order valence-corrected chi connectivity index (χ0v) is 22.0. The van der Waals surface area contributed by atoms with E-state index < -0.39 is 29.5 Å². The molecule has 15 heteroatoms. The fourth-order valence-electron chi connectivity index (χ4n) is 2.83. The molecule has 38 heavy (non-hydrogen) atoms. The first-order valence-electron chi connectivity index (χ1n) is 11.2. The van der Waals surface area contributed by atoms with Gasteiger partial charge in [-0.3, -0.25) is 4.79 Å². The maximum Gasteiger partial charge on any atom is 0.434 e. The minimum atomic E-state index is -4.61. The van der Waals surface area contributed by atoms with Gasteiger partial charge in [0, 0.05) is 13.1 Å². The van der Waals surface area contributed by atoms with Gasteiger partial charge in [-0.25, -0.2) is 19.7 Å². The lowest BCUT2D eigenvalue weighted by atomic mass is 10.2. The first kappa shape index (κ1) is 28.6. The molecule has 0 aliphatic heterocycles. The van der Waals surface area contributed by atoms with Gasteiger partial charge in [-0.2, -0.15) is 17.5 Å². The molecule has 3 heterocycles. The number of carbonyl (C=O) groups excluding carboxylic acids is 2. The van der Waals surface area contributed by atoms with E-state index in [4.69, 9.17) is 9.47 Å². The van der Waals surface area contributed by atoms with Crippen molar-refractivity contribution in [3.63, 3.8) is 0 Å². The maximum absolute atomic E-state index is 12.9. The number of hydrogen-bond donors (Lipinski definition) is 2. The number of halogens is 3. The predicted octanol–water partition coefficient (Wildman–Crippen LogP) is 4.90. The third-order valence-electron chi connectivity index (χ3n) is 4.65. The largest absolute Gasteiger partial charge is 0.476 e. The van der Waals surface area contributed by atoms with Crippen LogP contribution in [0, 0.1) is 6.92 Å². The summed E-state index contributed by atoms with van der Waals surface area (Å²) in [6.45, 7) is 7.41. The molecule has 11 nitrogen and oxygen atoms in total. The molecule has 3 aromatic rings. The number of rotatable bonds is 8. The molecule has 0 saturated carbocycles. The van der Waals surface area contributed by atoms with Crippen molar-refractivity contribution in [3.05, 3.63) is 47.7 Å². The van der Waals surface area contributed by atoms with Crippen LogP contribution in [0.5, 0.6) is 5.88 Å². The summed E-state index contributed by atoms with van der Waals surface area (Å²) in [6.07, 6.45) is -2.16. The molecule has 0 bridgehead atoms. The number of aromatic nitrogens is 4. The Morgan fingerprint density at radius 2 is 1.82 bits per heavy atom. The van der Waals surface area contributed by atoms with Crippen LogP contribution in [0.1, 0.15) is 42.5 Å². The highest BCUT2D eigenvalue weighted by molar-refractivity contribution is 7.10. The first-order chi connectivity index (χ1) is 17.7. The number of amides is 2. The molecule has 204 valence electrons. The molecule has 2 N–H and O–H groups in total. The van der Waals surface area contributed by atoms with E-state index in [0.29, 0.717) is 17.6 Å². The summed E-state index contributed by atoms with van der Waals surface area (Å²) in [6, 6.07) is 3.14. The molecular formula is C23H26F3N7O4S. The van der Waals surface area contributed by atoms with Gasteiger partial charge in [0.05, 0.1) is 42.1 Å². The lowest BCUT2D eigenvalue weighted by Gasteiger charge is -2.24. The second kappa shape index (κ2) is 11.6. The molecule has 0 aliphatic carbocycles. The molecule has 0 fully saturated rings. The molecule has 3 aromatic heterocycles. The van der Waals surface area contributed by atoms with Crippen LogP contribution in [-0.4, -0.2) is 62.0 Å². The van der Waals surface area contributed by atoms with Crippen LogP contribution >= 0.6 is 11.5 Å². The zero-order chi connectivity index (χ0) is 28.1. The summed E-state index contributed by atoms with van der Waals surface area (Å²) >= 11 is 0.954. The van der Waals surface area contributed by atoms with Crippen molar-refractivity contribution in [2.75, 3.05) is 30.8 Å². The Bertz CT molecular complexity index is 1260. The smallest absolute Gasteiger partial charge is 0.434 e. The van der Waals surface area contributed by atoms with Gasteiger partial charge in [0.2, 0.25) is 5.88 Å². The van der Waals surface area contributed by atoms with Crippen molar-refractivity contribution in [2.45, 2.75) is 39.5 Å². The summed E-state index contributed by atoms with van der Waals surface area (Å²) < 4.78 is 53.1. The summed E-state index contributed by atoms with van der Waals surface area (Å²) in [5, 5.41) is 5.76. The number of nitrogens with one attached hydrogen (secondary N) is 2. The number of carbonyl (C=O) groups is 2. The molecule has 0 saturated heterocycles. The highest BCUT2D eigenvalue weighted by Gasteiger charge is 2.33. The second-order valence-corrected chi connectivity index (χ2v) is 9.74. The number of nitrogens with zero attached hydrogens (tertiary/aromatic N) is 5. The number of likely N-dealkylation sites (N-methyl/N-ethyl adjacent to an activating group) is 1. The number of pyridine rings is 1. The molecule has 0 aromatic carbocycles. The number of alkyl halides is 3. The van der Waals surface area contributed by atoms with Crippen molar-refractivity contribution in [3.8, 4) is 5.88 Å². The van der Waals surface area contributed by atoms with Crippen molar-refractivity contribution >= 4 is 40.0 Å². The number of aryl methyl sites for hydroxylation is 1. The summed E-state index contributed by atoms with van der Waals surface area (Å²) in [7, 11) is 1.60. The van der Waals surface area contributed by atoms with Crippen molar-refractivity contribution in [1.82, 2.24) is 24.2 Å². The third kappa shape index (κ3) is 7.99. The van der Waals surface area contributed by atoms with Crippen molar-refractivity contribution in [2.24, 2.45) is 0 Å². The number of ether oxygens (including phenoxy) is 2. The second-order valence-electron chi connectivity index (χ2n) is 8.97. The topological polar surface area (TPSA) is 131 Å². The van der Waals surface area contributed by atoms with Crippen LogP contribution < -0.4 is 15.4 Å². The van der Waals surface area contributed by atoms with Crippen LogP contribution in [0.4, 0.5) is 34.5 Å². The third-order valence-corrected chi connectivity index (χ3v) is 5.50. The van der Waals surface area contributed by atoms with E-state index in [-0.39, 0.29) is 35.4 Å². The molecule has 0 aliphatic rings. The van der Waals surface area contributed by atoms with Gasteiger partial charge in [-0.15, -0.1) is 0 Å². The van der Waals surface area contributed by atoms with Gasteiger partial charge in [0.15, 0.2) is 5.69 Å². The summed E-state index contributed by atoms with van der Waals surface area (Å²) in [5.41, 5.74) is -0.742. The number of hydrogen-bond acceptors (Lipinski definition) is 10. The van der Waals surface area contributed by atoms with Crippen molar-refractivity contribution in [1.29, 1.82) is 0 Å². The average molecular weight is 554 g/mol. The minimum absolute atomic E-state index is 0.0242. The fourth-order valence-corrected chi connectivity index (χ4v) is 3.63. The quantitative estimate of drug-likeness (QED) is 0.400. The lowest BCUT2D eigenvalue weighted by Crippen LogP contribution is -2.36. The van der Waals surface area contributed by atoms with Crippen LogP contribution in [-0.2, 0) is 10.9 Å². The summed E-state index contributed by atoms with van der Waals surface area (Å²) in [4.78, 5) is 37.5. The predicted molar refractivity (Wildman–Crippen MR) is 134 cm³/mol. The molecular weight excluding hydrogens is 527 g/mol. The summed E-state index contributed by atoms with van der Waals surface area (Å²) in [5.74, 6) is -0.193. The fraction of sp³-hybridized carbons (Fsp3) is 0.391. The van der Waals surface area contributed by atoms with E-state index in [1.807, 2.05) is 0 Å². The minimum Gasteiger partial charge on any atom is -0.476 e. The van der Waals surface area contributed by atoms with E-state index in [1.54, 1.807) is 46.9 Å². The van der Waals surface area contributed by atoms with Gasteiger partial charge in [-0.1, -0.05) is 0 Å². The lowest BCUT2D eigenvalue weighted by molar-refractivity contribution is -0.141. The Morgan fingerprint density at radius 3 is 2.39 bits per heavy atom. The van der Waals surface area contributed by atoms with E-state index >= 15 is 0 Å². The normalized spacial score (nSPS) is 11.6. The number of anilines is 3. The molecule has 3 rings (SSSR count). The van der Waals surface area contributed by atoms with Gasteiger partial charge in [-0.05, 0) is 45.3 Å². The Morgan fingerprint density at radius 1 is 1.08 bits per heavy atom. The molecule has 0 radical (unpaired) electrons. The molecule has 0 spiro atoms. The average Bonchev–Trinajstić information content (AvgIpc) is 3.18. The molecule has 0 atom stereocenters. The van der Waals surface area contributed by atoms with Crippen LogP contribution in [0.25, 0.3) is 0 Å². The van der Waals surface area contributed by atoms with Crippen LogP contribution in [0.3, 0.4) is 0 Å². The highest BCUT2D eigenvalue weighted by Crippen LogP contribution is 2.30. The van der Waals surface area contributed by atoms with Gasteiger partial charge in [0.1, 0.15) is 23.0 Å².